The van der Waals surface area contributed by atoms with Crippen LogP contribution in [0, 0.1) is 13.0 Å². The smallest absolute Gasteiger partial charge is 0.0451 e. The maximum atomic E-state index is 5.70. The zero-order chi connectivity index (χ0) is 8.43. The molecule has 0 aliphatic rings. The molecule has 0 saturated heterocycles. The Bertz CT molecular complexity index is 243. The van der Waals surface area contributed by atoms with Crippen LogP contribution in [0.5, 0.6) is 0 Å². The van der Waals surface area contributed by atoms with Crippen molar-refractivity contribution < 1.29 is 0 Å². The largest absolute Gasteiger partial charge is 0.398 e. The normalized spacial score (nSPS) is 10.0. The van der Waals surface area contributed by atoms with Crippen LogP contribution in [-0.2, 0) is 6.42 Å². The summed E-state index contributed by atoms with van der Waals surface area (Å²) in [6, 6.07) is 4.78. The quantitative estimate of drug-likeness (QED) is 0.595. The van der Waals surface area contributed by atoms with Crippen molar-refractivity contribution in [3.63, 3.8) is 0 Å². The highest BCUT2D eigenvalue weighted by Crippen LogP contribution is 2.19. The molecule has 0 fully saturated rings. The fourth-order valence-electron chi connectivity index (χ4n) is 1.27. The number of rotatable bonds is 1. The van der Waals surface area contributed by atoms with E-state index in [2.05, 4.69) is 13.0 Å². The van der Waals surface area contributed by atoms with Gasteiger partial charge in [-0.05, 0) is 30.5 Å². The number of nitrogens with two attached hydrogens (primary N) is 2. The molecule has 1 aromatic rings. The first-order valence-electron chi connectivity index (χ1n) is 3.72. The lowest BCUT2D eigenvalue weighted by atomic mass is 10.0. The van der Waals surface area contributed by atoms with Crippen LogP contribution in [0.15, 0.2) is 6.07 Å². The van der Waals surface area contributed by atoms with Crippen LogP contribution in [0.25, 0.3) is 0 Å². The summed E-state index contributed by atoms with van der Waals surface area (Å²) in [4.78, 5) is 0. The van der Waals surface area contributed by atoms with Crippen LogP contribution in [0.4, 0.5) is 11.4 Å². The Morgan fingerprint density at radius 1 is 1.45 bits per heavy atom. The standard InChI is InChI=1S/C9H13N2/c1-3-8-6(2)4-7(10)5-9(8)11/h4H,3,10-11H2,1-2H3. The van der Waals surface area contributed by atoms with E-state index in [0.29, 0.717) is 11.4 Å². The van der Waals surface area contributed by atoms with Gasteiger partial charge in [0.15, 0.2) is 0 Å². The Hall–Kier alpha value is -1.18. The molecule has 0 spiro atoms. The molecule has 1 aromatic carbocycles. The summed E-state index contributed by atoms with van der Waals surface area (Å²) in [7, 11) is 0. The van der Waals surface area contributed by atoms with Crippen LogP contribution < -0.4 is 11.5 Å². The first-order valence-corrected chi connectivity index (χ1v) is 3.72. The number of benzene rings is 1. The lowest BCUT2D eigenvalue weighted by Crippen LogP contribution is -1.98. The van der Waals surface area contributed by atoms with Gasteiger partial charge in [0.2, 0.25) is 0 Å². The van der Waals surface area contributed by atoms with E-state index in [1.54, 1.807) is 0 Å². The van der Waals surface area contributed by atoms with Gasteiger partial charge in [0.25, 0.3) is 0 Å². The fourth-order valence-corrected chi connectivity index (χ4v) is 1.27. The Morgan fingerprint density at radius 3 is 2.55 bits per heavy atom. The third kappa shape index (κ3) is 1.45. The molecule has 2 nitrogen and oxygen atoms in total. The molecule has 59 valence electrons. The van der Waals surface area contributed by atoms with Crippen LogP contribution >= 0.6 is 0 Å². The van der Waals surface area contributed by atoms with E-state index in [-0.39, 0.29) is 0 Å². The fraction of sp³-hybridized carbons (Fsp3) is 0.333. The van der Waals surface area contributed by atoms with Gasteiger partial charge < -0.3 is 11.5 Å². The van der Waals surface area contributed by atoms with Gasteiger partial charge in [0, 0.05) is 17.4 Å². The molecule has 0 aromatic heterocycles. The Kier molecular flexibility index (Phi) is 2.03. The van der Waals surface area contributed by atoms with E-state index in [1.165, 1.54) is 0 Å². The van der Waals surface area contributed by atoms with Crippen molar-refractivity contribution in [2.45, 2.75) is 20.3 Å². The molecule has 11 heavy (non-hydrogen) atoms. The van der Waals surface area contributed by atoms with Crippen LogP contribution in [-0.4, -0.2) is 0 Å². The highest BCUT2D eigenvalue weighted by molar-refractivity contribution is 5.58. The minimum absolute atomic E-state index is 0.622. The van der Waals surface area contributed by atoms with Crippen molar-refractivity contribution in [3.05, 3.63) is 23.3 Å². The number of anilines is 2. The first-order chi connectivity index (χ1) is 5.15. The predicted molar refractivity (Wildman–Crippen MR) is 48.2 cm³/mol. The second-order valence-electron chi connectivity index (χ2n) is 2.65. The summed E-state index contributed by atoms with van der Waals surface area (Å²) in [5, 5.41) is 0. The molecular formula is C9H13N2. The van der Waals surface area contributed by atoms with Crippen molar-refractivity contribution in [2.24, 2.45) is 0 Å². The molecule has 1 rings (SSSR count). The molecule has 0 heterocycles. The van der Waals surface area contributed by atoms with Gasteiger partial charge in [-0.3, -0.25) is 0 Å². The van der Waals surface area contributed by atoms with Gasteiger partial charge in [-0.25, -0.2) is 0 Å². The Morgan fingerprint density at radius 2 is 2.09 bits per heavy atom. The molecule has 0 saturated carbocycles. The topological polar surface area (TPSA) is 52.0 Å². The summed E-state index contributed by atoms with van der Waals surface area (Å²) in [6.45, 7) is 4.09. The molecule has 0 aliphatic heterocycles. The minimum atomic E-state index is 0.622. The van der Waals surface area contributed by atoms with Crippen molar-refractivity contribution >= 4 is 11.4 Å². The lowest BCUT2D eigenvalue weighted by molar-refractivity contribution is 1.11. The van der Waals surface area contributed by atoms with Crippen molar-refractivity contribution in [3.8, 4) is 0 Å². The zero-order valence-corrected chi connectivity index (χ0v) is 6.94. The maximum absolute atomic E-state index is 5.70. The average Bonchev–Trinajstić information content (AvgIpc) is 1.85. The highest BCUT2D eigenvalue weighted by Gasteiger charge is 2.01. The molecule has 4 N–H and O–H groups in total. The van der Waals surface area contributed by atoms with E-state index < -0.39 is 0 Å². The van der Waals surface area contributed by atoms with Gasteiger partial charge in [-0.1, -0.05) is 6.92 Å². The van der Waals surface area contributed by atoms with E-state index in [1.807, 2.05) is 13.0 Å². The third-order valence-corrected chi connectivity index (χ3v) is 1.81. The second kappa shape index (κ2) is 2.82. The Labute approximate surface area is 67.2 Å². The average molecular weight is 149 g/mol. The molecule has 0 aliphatic carbocycles. The van der Waals surface area contributed by atoms with Gasteiger partial charge in [0.1, 0.15) is 0 Å². The summed E-state index contributed by atoms with van der Waals surface area (Å²) in [6.07, 6.45) is 0.939. The van der Waals surface area contributed by atoms with Crippen molar-refractivity contribution in [1.82, 2.24) is 0 Å². The minimum Gasteiger partial charge on any atom is -0.398 e. The summed E-state index contributed by atoms with van der Waals surface area (Å²) in [5.41, 5.74) is 14.9. The van der Waals surface area contributed by atoms with E-state index in [0.717, 1.165) is 17.5 Å². The van der Waals surface area contributed by atoms with Crippen LogP contribution in [0.3, 0.4) is 0 Å². The summed E-state index contributed by atoms with van der Waals surface area (Å²) >= 11 is 0. The molecule has 0 bridgehead atoms. The van der Waals surface area contributed by atoms with Gasteiger partial charge >= 0.3 is 0 Å². The van der Waals surface area contributed by atoms with E-state index in [9.17, 15) is 0 Å². The Balaban J connectivity index is 3.25. The van der Waals surface area contributed by atoms with Crippen LogP contribution in [0.2, 0.25) is 0 Å². The van der Waals surface area contributed by atoms with Crippen molar-refractivity contribution in [2.75, 3.05) is 11.5 Å². The van der Waals surface area contributed by atoms with Gasteiger partial charge in [-0.15, -0.1) is 0 Å². The number of hydrogen-bond donors (Lipinski definition) is 2. The van der Waals surface area contributed by atoms with Gasteiger partial charge in [-0.2, -0.15) is 0 Å². The van der Waals surface area contributed by atoms with E-state index in [4.69, 9.17) is 11.5 Å². The first kappa shape index (κ1) is 7.92. The molecule has 2 heteroatoms. The molecule has 0 atom stereocenters. The predicted octanol–water partition coefficient (Wildman–Crippen LogP) is 1.52. The molecule has 0 amide bonds. The lowest BCUT2D eigenvalue weighted by Gasteiger charge is -2.06. The third-order valence-electron chi connectivity index (χ3n) is 1.81. The number of hydrogen-bond acceptors (Lipinski definition) is 2. The maximum Gasteiger partial charge on any atom is 0.0451 e. The summed E-state index contributed by atoms with van der Waals surface area (Å²) < 4.78 is 0. The highest BCUT2D eigenvalue weighted by atomic mass is 14.6. The number of nitrogen functional groups attached to an aromatic ring is 2. The SMILES string of the molecule is CCc1c(N)[c]c(N)cc1C. The van der Waals surface area contributed by atoms with Crippen molar-refractivity contribution in [1.29, 1.82) is 0 Å². The van der Waals surface area contributed by atoms with E-state index >= 15 is 0 Å². The molecule has 0 unspecified atom stereocenters. The number of aryl methyl sites for hydroxylation is 1. The summed E-state index contributed by atoms with van der Waals surface area (Å²) in [5.74, 6) is 0. The van der Waals surface area contributed by atoms with Gasteiger partial charge in [0.05, 0.1) is 0 Å². The monoisotopic (exact) mass is 149 g/mol. The second-order valence-corrected chi connectivity index (χ2v) is 2.65. The zero-order valence-electron chi connectivity index (χ0n) is 6.94. The molecule has 1 radical (unpaired) electrons. The van der Waals surface area contributed by atoms with Crippen LogP contribution in [0.1, 0.15) is 18.1 Å². The molecular weight excluding hydrogens is 136 g/mol.